The molecule has 1 aromatic rings. The van der Waals surface area contributed by atoms with Crippen LogP contribution in [0.2, 0.25) is 5.02 Å². The second-order valence-electron chi connectivity index (χ2n) is 5.07. The molecule has 0 spiro atoms. The zero-order valence-corrected chi connectivity index (χ0v) is 12.0. The van der Waals surface area contributed by atoms with Crippen LogP contribution in [0.15, 0.2) is 24.3 Å². The molecule has 1 fully saturated rings. The summed E-state index contributed by atoms with van der Waals surface area (Å²) in [6.07, 6.45) is 2.92. The Morgan fingerprint density at radius 1 is 1.58 bits per heavy atom. The number of carbonyl (C=O) groups is 1. The molecule has 0 bridgehead atoms. The molecule has 0 saturated carbocycles. The van der Waals surface area contributed by atoms with Crippen LogP contribution in [0.3, 0.4) is 0 Å². The van der Waals surface area contributed by atoms with Crippen molar-refractivity contribution in [2.75, 3.05) is 13.1 Å². The van der Waals surface area contributed by atoms with E-state index in [1.165, 1.54) is 0 Å². The van der Waals surface area contributed by atoms with E-state index in [0.717, 1.165) is 37.9 Å². The number of rotatable bonds is 4. The predicted molar refractivity (Wildman–Crippen MR) is 78.2 cm³/mol. The number of piperidine rings is 1. The maximum atomic E-state index is 12.2. The van der Waals surface area contributed by atoms with E-state index in [9.17, 15) is 4.79 Å². The Bertz CT molecular complexity index is 430. The quantitative estimate of drug-likeness (QED) is 0.890. The molecule has 1 aliphatic heterocycles. The van der Waals surface area contributed by atoms with E-state index in [0.29, 0.717) is 5.02 Å². The molecule has 1 saturated heterocycles. The van der Waals surface area contributed by atoms with Gasteiger partial charge in [-0.2, -0.15) is 0 Å². The van der Waals surface area contributed by atoms with Gasteiger partial charge in [0.15, 0.2) is 0 Å². The lowest BCUT2D eigenvalue weighted by Crippen LogP contribution is -2.41. The number of benzene rings is 1. The molecule has 2 atom stereocenters. The second-order valence-corrected chi connectivity index (χ2v) is 5.50. The van der Waals surface area contributed by atoms with E-state index in [2.05, 4.69) is 17.6 Å². The molecule has 0 aliphatic carbocycles. The molecular formula is C15H21ClN2O. The molecule has 2 unspecified atom stereocenters. The van der Waals surface area contributed by atoms with E-state index in [-0.39, 0.29) is 17.9 Å². The van der Waals surface area contributed by atoms with Crippen molar-refractivity contribution in [1.29, 1.82) is 0 Å². The SMILES string of the molecule is CCC(NC(=O)C1CCCNC1)c1cccc(Cl)c1. The summed E-state index contributed by atoms with van der Waals surface area (Å²) in [4.78, 5) is 12.2. The van der Waals surface area contributed by atoms with Crippen LogP contribution in [-0.4, -0.2) is 19.0 Å². The monoisotopic (exact) mass is 280 g/mol. The van der Waals surface area contributed by atoms with E-state index in [4.69, 9.17) is 11.6 Å². The van der Waals surface area contributed by atoms with Gasteiger partial charge in [-0.05, 0) is 43.5 Å². The van der Waals surface area contributed by atoms with Gasteiger partial charge >= 0.3 is 0 Å². The minimum atomic E-state index is 0.0492. The van der Waals surface area contributed by atoms with E-state index < -0.39 is 0 Å². The highest BCUT2D eigenvalue weighted by molar-refractivity contribution is 6.30. The van der Waals surface area contributed by atoms with Crippen LogP contribution in [-0.2, 0) is 4.79 Å². The normalized spacial score (nSPS) is 20.8. The van der Waals surface area contributed by atoms with Gasteiger partial charge in [-0.25, -0.2) is 0 Å². The van der Waals surface area contributed by atoms with Gasteiger partial charge < -0.3 is 10.6 Å². The lowest BCUT2D eigenvalue weighted by atomic mass is 9.97. The molecular weight excluding hydrogens is 260 g/mol. The zero-order valence-electron chi connectivity index (χ0n) is 11.3. The van der Waals surface area contributed by atoms with Gasteiger partial charge in [0.05, 0.1) is 12.0 Å². The summed E-state index contributed by atoms with van der Waals surface area (Å²) in [5.41, 5.74) is 1.08. The lowest BCUT2D eigenvalue weighted by Gasteiger charge is -2.25. The third-order valence-electron chi connectivity index (χ3n) is 3.64. The largest absolute Gasteiger partial charge is 0.349 e. The highest BCUT2D eigenvalue weighted by Gasteiger charge is 2.23. The number of carbonyl (C=O) groups excluding carboxylic acids is 1. The molecule has 0 aromatic heterocycles. The van der Waals surface area contributed by atoms with Crippen LogP contribution in [0.1, 0.15) is 37.8 Å². The molecule has 1 amide bonds. The summed E-state index contributed by atoms with van der Waals surface area (Å²) in [7, 11) is 0. The van der Waals surface area contributed by atoms with Crippen LogP contribution in [0.4, 0.5) is 0 Å². The van der Waals surface area contributed by atoms with Gasteiger partial charge in [0.2, 0.25) is 5.91 Å². The van der Waals surface area contributed by atoms with Crippen molar-refractivity contribution in [3.8, 4) is 0 Å². The Morgan fingerprint density at radius 2 is 2.42 bits per heavy atom. The summed E-state index contributed by atoms with van der Waals surface area (Å²) in [6, 6.07) is 7.77. The fraction of sp³-hybridized carbons (Fsp3) is 0.533. The maximum Gasteiger partial charge on any atom is 0.224 e. The van der Waals surface area contributed by atoms with Crippen molar-refractivity contribution in [2.24, 2.45) is 5.92 Å². The third kappa shape index (κ3) is 3.95. The van der Waals surface area contributed by atoms with Crippen molar-refractivity contribution >= 4 is 17.5 Å². The Morgan fingerprint density at radius 3 is 3.05 bits per heavy atom. The molecule has 104 valence electrons. The van der Waals surface area contributed by atoms with Gasteiger partial charge in [0.1, 0.15) is 0 Å². The highest BCUT2D eigenvalue weighted by Crippen LogP contribution is 2.21. The summed E-state index contributed by atoms with van der Waals surface area (Å²) >= 11 is 6.01. The Balaban J connectivity index is 2.00. The molecule has 1 aliphatic rings. The van der Waals surface area contributed by atoms with Gasteiger partial charge in [0, 0.05) is 11.6 Å². The second kappa shape index (κ2) is 6.92. The minimum absolute atomic E-state index is 0.0492. The van der Waals surface area contributed by atoms with Gasteiger partial charge in [-0.1, -0.05) is 30.7 Å². The first kappa shape index (κ1) is 14.4. The topological polar surface area (TPSA) is 41.1 Å². The average Bonchev–Trinajstić information content (AvgIpc) is 2.45. The fourth-order valence-corrected chi connectivity index (χ4v) is 2.71. The minimum Gasteiger partial charge on any atom is -0.349 e. The van der Waals surface area contributed by atoms with Gasteiger partial charge in [0.25, 0.3) is 0 Å². The maximum absolute atomic E-state index is 12.2. The lowest BCUT2D eigenvalue weighted by molar-refractivity contribution is -0.126. The fourth-order valence-electron chi connectivity index (χ4n) is 2.51. The van der Waals surface area contributed by atoms with Gasteiger partial charge in [-0.15, -0.1) is 0 Å². The molecule has 1 aromatic carbocycles. The first-order valence-corrected chi connectivity index (χ1v) is 7.35. The Labute approximate surface area is 119 Å². The standard InChI is InChI=1S/C15H21ClN2O/c1-2-14(11-5-3-7-13(16)9-11)18-15(19)12-6-4-8-17-10-12/h3,5,7,9,12,14,17H,2,4,6,8,10H2,1H3,(H,18,19). The molecule has 1 heterocycles. The van der Waals surface area contributed by atoms with Crippen molar-refractivity contribution in [2.45, 2.75) is 32.2 Å². The number of hydrogen-bond acceptors (Lipinski definition) is 2. The first-order valence-electron chi connectivity index (χ1n) is 6.97. The molecule has 4 heteroatoms. The molecule has 0 radical (unpaired) electrons. The van der Waals surface area contributed by atoms with Crippen LogP contribution in [0.25, 0.3) is 0 Å². The van der Waals surface area contributed by atoms with Crippen molar-refractivity contribution in [3.05, 3.63) is 34.9 Å². The smallest absolute Gasteiger partial charge is 0.224 e. The highest BCUT2D eigenvalue weighted by atomic mass is 35.5. The Kier molecular flexibility index (Phi) is 5.23. The van der Waals surface area contributed by atoms with Crippen LogP contribution < -0.4 is 10.6 Å². The van der Waals surface area contributed by atoms with E-state index in [1.54, 1.807) is 0 Å². The van der Waals surface area contributed by atoms with Crippen LogP contribution in [0, 0.1) is 5.92 Å². The van der Waals surface area contributed by atoms with Crippen LogP contribution >= 0.6 is 11.6 Å². The Hall–Kier alpha value is -1.06. The number of halogens is 1. The van der Waals surface area contributed by atoms with Crippen molar-refractivity contribution in [1.82, 2.24) is 10.6 Å². The van der Waals surface area contributed by atoms with Crippen molar-refractivity contribution < 1.29 is 4.79 Å². The molecule has 2 rings (SSSR count). The first-order chi connectivity index (χ1) is 9.20. The summed E-state index contributed by atoms with van der Waals surface area (Å²) in [5.74, 6) is 0.251. The number of nitrogens with one attached hydrogen (secondary N) is 2. The molecule has 3 nitrogen and oxygen atoms in total. The number of amides is 1. The molecule has 2 N–H and O–H groups in total. The zero-order chi connectivity index (χ0) is 13.7. The predicted octanol–water partition coefficient (Wildman–Crippen LogP) is 2.91. The summed E-state index contributed by atoms with van der Waals surface area (Å²) in [5, 5.41) is 7.13. The van der Waals surface area contributed by atoms with Crippen LogP contribution in [0.5, 0.6) is 0 Å². The van der Waals surface area contributed by atoms with Crippen molar-refractivity contribution in [3.63, 3.8) is 0 Å². The summed E-state index contributed by atoms with van der Waals surface area (Å²) in [6.45, 7) is 3.89. The molecule has 19 heavy (non-hydrogen) atoms. The average molecular weight is 281 g/mol. The summed E-state index contributed by atoms with van der Waals surface area (Å²) < 4.78 is 0. The van der Waals surface area contributed by atoms with Gasteiger partial charge in [-0.3, -0.25) is 4.79 Å². The third-order valence-corrected chi connectivity index (χ3v) is 3.88. The van der Waals surface area contributed by atoms with E-state index >= 15 is 0 Å². The van der Waals surface area contributed by atoms with E-state index in [1.807, 2.05) is 24.3 Å². The number of hydrogen-bond donors (Lipinski definition) is 2.